The lowest BCUT2D eigenvalue weighted by Gasteiger charge is -2.12. The molecule has 0 saturated heterocycles. The highest BCUT2D eigenvalue weighted by Crippen LogP contribution is 2.19. The number of Topliss-reactive ketones (excluding diaryl/α,β-unsaturated/α-hetero) is 1. The molecule has 0 N–H and O–H groups in total. The molecule has 1 rings (SSSR count). The van der Waals surface area contributed by atoms with Crippen LogP contribution in [-0.2, 0) is 22.4 Å². The van der Waals surface area contributed by atoms with Crippen LogP contribution in [-0.4, -0.2) is 19.0 Å². The molecule has 0 aliphatic heterocycles. The summed E-state index contributed by atoms with van der Waals surface area (Å²) in [6, 6.07) is 4.16. The van der Waals surface area contributed by atoms with Crippen molar-refractivity contribution >= 4 is 17.1 Å². The van der Waals surface area contributed by atoms with E-state index in [1.165, 1.54) is 4.88 Å². The monoisotopic (exact) mass is 240 g/mol. The van der Waals surface area contributed by atoms with Crippen LogP contribution in [0, 0.1) is 0 Å². The number of aryl methyl sites for hydroxylation is 1. The summed E-state index contributed by atoms with van der Waals surface area (Å²) in [4.78, 5) is 14.4. The molecule has 0 fully saturated rings. The molecule has 1 aromatic heterocycles. The summed E-state index contributed by atoms with van der Waals surface area (Å²) in [5.41, 5.74) is 0. The summed E-state index contributed by atoms with van der Waals surface area (Å²) in [6.45, 7) is 4.20. The third-order valence-corrected chi connectivity index (χ3v) is 3.84. The zero-order valence-electron chi connectivity index (χ0n) is 10.3. The average molecular weight is 240 g/mol. The normalized spacial score (nSPS) is 12.7. The first-order chi connectivity index (χ1) is 7.71. The van der Waals surface area contributed by atoms with E-state index in [0.29, 0.717) is 6.42 Å². The van der Waals surface area contributed by atoms with Gasteiger partial charge >= 0.3 is 0 Å². The Labute approximate surface area is 102 Å². The molecular weight excluding hydrogens is 220 g/mol. The summed E-state index contributed by atoms with van der Waals surface area (Å²) >= 11 is 1.73. The fourth-order valence-electron chi connectivity index (χ4n) is 1.67. The highest BCUT2D eigenvalue weighted by atomic mass is 32.1. The molecule has 0 spiro atoms. The SMILES string of the molecule is CCCC(OC)C(=O)Cc1ccc(CC)s1. The van der Waals surface area contributed by atoms with Crippen molar-refractivity contribution in [3.05, 3.63) is 21.9 Å². The topological polar surface area (TPSA) is 26.3 Å². The smallest absolute Gasteiger partial charge is 0.166 e. The Bertz CT molecular complexity index is 330. The van der Waals surface area contributed by atoms with Gasteiger partial charge in [0.15, 0.2) is 5.78 Å². The molecule has 0 saturated carbocycles. The predicted octanol–water partition coefficient (Wildman–Crippen LogP) is 3.24. The van der Waals surface area contributed by atoms with Crippen molar-refractivity contribution in [3.63, 3.8) is 0 Å². The van der Waals surface area contributed by atoms with E-state index >= 15 is 0 Å². The van der Waals surface area contributed by atoms with Crippen molar-refractivity contribution in [3.8, 4) is 0 Å². The summed E-state index contributed by atoms with van der Waals surface area (Å²) < 4.78 is 5.21. The van der Waals surface area contributed by atoms with Crippen LogP contribution in [0.2, 0.25) is 0 Å². The molecule has 0 radical (unpaired) electrons. The van der Waals surface area contributed by atoms with Gasteiger partial charge in [-0.05, 0) is 25.0 Å². The number of rotatable bonds is 7. The lowest BCUT2D eigenvalue weighted by molar-refractivity contribution is -0.128. The summed E-state index contributed by atoms with van der Waals surface area (Å²) in [5.74, 6) is 0.203. The van der Waals surface area contributed by atoms with Crippen LogP contribution >= 0.6 is 11.3 Å². The molecular formula is C13H20O2S. The maximum Gasteiger partial charge on any atom is 0.166 e. The van der Waals surface area contributed by atoms with Crippen molar-refractivity contribution in [1.29, 1.82) is 0 Å². The van der Waals surface area contributed by atoms with Crippen LogP contribution in [0.1, 0.15) is 36.4 Å². The second-order valence-electron chi connectivity index (χ2n) is 3.88. The standard InChI is InChI=1S/C13H20O2S/c1-4-6-13(15-3)12(14)9-11-8-7-10(5-2)16-11/h7-8,13H,4-6,9H2,1-3H3. The van der Waals surface area contributed by atoms with Gasteiger partial charge in [-0.25, -0.2) is 0 Å². The summed E-state index contributed by atoms with van der Waals surface area (Å²) in [5, 5.41) is 0. The second-order valence-corrected chi connectivity index (χ2v) is 5.13. The first kappa shape index (κ1) is 13.4. The minimum Gasteiger partial charge on any atom is -0.374 e. The van der Waals surface area contributed by atoms with Gasteiger partial charge in [-0.3, -0.25) is 4.79 Å². The van der Waals surface area contributed by atoms with Crippen LogP contribution < -0.4 is 0 Å². The number of carbonyl (C=O) groups excluding carboxylic acids is 1. The molecule has 16 heavy (non-hydrogen) atoms. The number of ether oxygens (including phenoxy) is 1. The van der Waals surface area contributed by atoms with Crippen LogP contribution in [0.5, 0.6) is 0 Å². The maximum absolute atomic E-state index is 11.9. The van der Waals surface area contributed by atoms with Crippen LogP contribution in [0.15, 0.2) is 12.1 Å². The third kappa shape index (κ3) is 3.72. The molecule has 3 heteroatoms. The van der Waals surface area contributed by atoms with Gasteiger partial charge in [0.25, 0.3) is 0 Å². The highest BCUT2D eigenvalue weighted by Gasteiger charge is 2.17. The van der Waals surface area contributed by atoms with Gasteiger partial charge in [-0.1, -0.05) is 20.3 Å². The zero-order valence-corrected chi connectivity index (χ0v) is 11.1. The molecule has 0 aliphatic carbocycles. The Hall–Kier alpha value is -0.670. The molecule has 1 unspecified atom stereocenters. The van der Waals surface area contributed by atoms with Gasteiger partial charge in [-0.2, -0.15) is 0 Å². The number of thiophene rings is 1. The number of hydrogen-bond donors (Lipinski definition) is 0. The lowest BCUT2D eigenvalue weighted by Crippen LogP contribution is -2.24. The van der Waals surface area contributed by atoms with Crippen LogP contribution in [0.3, 0.4) is 0 Å². The number of carbonyl (C=O) groups is 1. The van der Waals surface area contributed by atoms with Crippen LogP contribution in [0.25, 0.3) is 0 Å². The van der Waals surface area contributed by atoms with E-state index in [2.05, 4.69) is 26.0 Å². The van der Waals surface area contributed by atoms with E-state index in [4.69, 9.17) is 4.74 Å². The highest BCUT2D eigenvalue weighted by molar-refractivity contribution is 7.12. The average Bonchev–Trinajstić information content (AvgIpc) is 2.73. The Morgan fingerprint density at radius 1 is 1.38 bits per heavy atom. The largest absolute Gasteiger partial charge is 0.374 e. The van der Waals surface area contributed by atoms with E-state index in [1.807, 2.05) is 0 Å². The third-order valence-electron chi connectivity index (χ3n) is 2.61. The fraction of sp³-hybridized carbons (Fsp3) is 0.615. The van der Waals surface area contributed by atoms with Gasteiger partial charge in [0.05, 0.1) is 0 Å². The van der Waals surface area contributed by atoms with E-state index in [0.717, 1.165) is 24.1 Å². The zero-order chi connectivity index (χ0) is 12.0. The first-order valence-corrected chi connectivity index (χ1v) is 6.66. The molecule has 1 heterocycles. The van der Waals surface area contributed by atoms with Gasteiger partial charge in [0.2, 0.25) is 0 Å². The fourth-order valence-corrected chi connectivity index (χ4v) is 2.63. The van der Waals surface area contributed by atoms with E-state index in [1.54, 1.807) is 18.4 Å². The second kappa shape index (κ2) is 6.81. The molecule has 0 bridgehead atoms. The number of methoxy groups -OCH3 is 1. The van der Waals surface area contributed by atoms with E-state index in [9.17, 15) is 4.79 Å². The predicted molar refractivity (Wildman–Crippen MR) is 68.1 cm³/mol. The number of ketones is 1. The summed E-state index contributed by atoms with van der Waals surface area (Å²) in [6.07, 6.45) is 3.14. The molecule has 1 aromatic rings. The van der Waals surface area contributed by atoms with E-state index < -0.39 is 0 Å². The van der Waals surface area contributed by atoms with Crippen molar-refractivity contribution in [2.45, 2.75) is 45.6 Å². The molecule has 90 valence electrons. The molecule has 1 atom stereocenters. The maximum atomic E-state index is 11.9. The van der Waals surface area contributed by atoms with Crippen molar-refractivity contribution < 1.29 is 9.53 Å². The first-order valence-electron chi connectivity index (χ1n) is 5.84. The quantitative estimate of drug-likeness (QED) is 0.731. The van der Waals surface area contributed by atoms with Gasteiger partial charge < -0.3 is 4.74 Å². The Morgan fingerprint density at radius 2 is 2.06 bits per heavy atom. The summed E-state index contributed by atoms with van der Waals surface area (Å²) in [7, 11) is 1.62. The van der Waals surface area contributed by atoms with Gasteiger partial charge in [-0.15, -0.1) is 11.3 Å². The van der Waals surface area contributed by atoms with Crippen molar-refractivity contribution in [1.82, 2.24) is 0 Å². The van der Waals surface area contributed by atoms with Crippen molar-refractivity contribution in [2.75, 3.05) is 7.11 Å². The lowest BCUT2D eigenvalue weighted by atomic mass is 10.1. The van der Waals surface area contributed by atoms with E-state index in [-0.39, 0.29) is 11.9 Å². The Kier molecular flexibility index (Phi) is 5.71. The van der Waals surface area contributed by atoms with Crippen molar-refractivity contribution in [2.24, 2.45) is 0 Å². The Morgan fingerprint density at radius 3 is 2.56 bits per heavy atom. The molecule has 0 amide bonds. The van der Waals surface area contributed by atoms with Crippen LogP contribution in [0.4, 0.5) is 0 Å². The van der Waals surface area contributed by atoms with Gasteiger partial charge in [0.1, 0.15) is 6.10 Å². The minimum absolute atomic E-state index is 0.203. The molecule has 0 aromatic carbocycles. The molecule has 2 nitrogen and oxygen atoms in total. The Balaban J connectivity index is 2.55. The van der Waals surface area contributed by atoms with Gasteiger partial charge in [0, 0.05) is 23.3 Å². The number of hydrogen-bond acceptors (Lipinski definition) is 3. The minimum atomic E-state index is -0.225. The molecule has 0 aliphatic rings.